The van der Waals surface area contributed by atoms with E-state index in [-0.39, 0.29) is 12.1 Å². The number of alkyl halides is 1. The van der Waals surface area contributed by atoms with Crippen LogP contribution in [0.1, 0.15) is 27.7 Å². The lowest BCUT2D eigenvalue weighted by Crippen LogP contribution is -2.47. The van der Waals surface area contributed by atoms with E-state index >= 15 is 0 Å². The zero-order valence-electron chi connectivity index (χ0n) is 18.3. The van der Waals surface area contributed by atoms with Gasteiger partial charge in [-0.3, -0.25) is 24.0 Å². The number of carbonyl (C=O) groups is 4. The van der Waals surface area contributed by atoms with Crippen molar-refractivity contribution < 1.29 is 28.7 Å². The first-order valence-electron chi connectivity index (χ1n) is 10.5. The zero-order chi connectivity index (χ0) is 25.4. The predicted molar refractivity (Wildman–Crippen MR) is 127 cm³/mol. The predicted octanol–water partition coefficient (Wildman–Crippen LogP) is 2.44. The number of aromatic nitrogens is 1. The number of carbonyl (C=O) groups excluding carboxylic acids is 3. The van der Waals surface area contributed by atoms with Crippen molar-refractivity contribution in [1.82, 2.24) is 9.88 Å². The van der Waals surface area contributed by atoms with E-state index in [1.807, 2.05) is 0 Å². The van der Waals surface area contributed by atoms with E-state index in [0.29, 0.717) is 5.56 Å². The number of hydrogen-bond donors (Lipinski definition) is 3. The van der Waals surface area contributed by atoms with Gasteiger partial charge in [0.25, 0.3) is 11.5 Å². The van der Waals surface area contributed by atoms with Crippen LogP contribution < -0.4 is 16.2 Å². The highest BCUT2D eigenvalue weighted by atomic mass is 32.1. The van der Waals surface area contributed by atoms with Gasteiger partial charge in [0.15, 0.2) is 5.78 Å². The quantitative estimate of drug-likeness (QED) is 0.371. The molecule has 2 atom stereocenters. The maximum Gasteiger partial charge on any atom is 0.305 e. The highest BCUT2D eigenvalue weighted by Gasteiger charge is 2.29. The molecule has 2 amide bonds. The number of halogens is 1. The number of carboxylic acids is 1. The van der Waals surface area contributed by atoms with Crippen LogP contribution in [-0.2, 0) is 20.8 Å². The molecule has 0 aliphatic carbocycles. The number of aliphatic carboxylic acids is 1. The molecule has 0 spiro atoms. The van der Waals surface area contributed by atoms with Gasteiger partial charge in [-0.05, 0) is 35.7 Å². The van der Waals surface area contributed by atoms with Gasteiger partial charge in [-0.15, -0.1) is 11.3 Å². The largest absolute Gasteiger partial charge is 0.481 e. The van der Waals surface area contributed by atoms with Crippen LogP contribution in [0.2, 0.25) is 0 Å². The van der Waals surface area contributed by atoms with Crippen LogP contribution in [-0.4, -0.2) is 46.0 Å². The fraction of sp³-hybridized carbons (Fsp3) is 0.208. The zero-order valence-corrected chi connectivity index (χ0v) is 19.2. The van der Waals surface area contributed by atoms with Gasteiger partial charge in [-0.1, -0.05) is 24.3 Å². The molecule has 3 N–H and O–H groups in total. The third-order valence-electron chi connectivity index (χ3n) is 5.09. The Hall–Kier alpha value is -4.12. The number of benzene rings is 1. The van der Waals surface area contributed by atoms with Crippen molar-refractivity contribution in [1.29, 1.82) is 0 Å². The average Bonchev–Trinajstić information content (AvgIpc) is 3.36. The minimum atomic E-state index is -1.59. The number of Topliss-reactive ketones (excluding diaryl/α,β-unsaturated/α-hetero) is 1. The summed E-state index contributed by atoms with van der Waals surface area (Å²) in [6.07, 6.45) is 0.590. The highest BCUT2D eigenvalue weighted by Crippen LogP contribution is 2.19. The van der Waals surface area contributed by atoms with Crippen molar-refractivity contribution in [3.05, 3.63) is 87.0 Å². The maximum atomic E-state index is 13.2. The van der Waals surface area contributed by atoms with Crippen molar-refractivity contribution in [3.8, 4) is 0 Å². The summed E-state index contributed by atoms with van der Waals surface area (Å²) in [6.45, 7) is -1.45. The standard InChI is InChI=1S/C24H22FN3O6S/c25-14-20(29)18(13-21(30)31)27-23(33)19(12-16-8-5-11-35-16)28-10-4-9-17(24(28)34)26-22(32)15-6-2-1-3-7-15/h1-11,18-19H,12-14H2,(H,26,32)(H,27,33)(H,30,31). The normalized spacial score (nSPS) is 12.4. The molecule has 35 heavy (non-hydrogen) atoms. The fourth-order valence-electron chi connectivity index (χ4n) is 3.35. The van der Waals surface area contributed by atoms with Crippen LogP contribution in [0.5, 0.6) is 0 Å². The van der Waals surface area contributed by atoms with Crippen molar-refractivity contribution >= 4 is 40.6 Å². The molecular formula is C24H22FN3O6S. The second-order valence-electron chi connectivity index (χ2n) is 7.51. The number of thiophene rings is 1. The van der Waals surface area contributed by atoms with Crippen LogP contribution in [0.4, 0.5) is 10.1 Å². The van der Waals surface area contributed by atoms with Gasteiger partial charge in [0.05, 0.1) is 6.42 Å². The second kappa shape index (κ2) is 11.8. The summed E-state index contributed by atoms with van der Waals surface area (Å²) in [5.41, 5.74) is -0.427. The van der Waals surface area contributed by atoms with E-state index in [9.17, 15) is 28.4 Å². The third kappa shape index (κ3) is 6.70. The summed E-state index contributed by atoms with van der Waals surface area (Å²) in [6, 6.07) is 11.8. The first kappa shape index (κ1) is 25.5. The number of hydrogen-bond acceptors (Lipinski definition) is 6. The van der Waals surface area contributed by atoms with Gasteiger partial charge in [-0.2, -0.15) is 0 Å². The number of pyridine rings is 1. The van der Waals surface area contributed by atoms with E-state index in [1.165, 1.54) is 29.7 Å². The van der Waals surface area contributed by atoms with Gasteiger partial charge < -0.3 is 20.3 Å². The number of nitrogens with zero attached hydrogens (tertiary/aromatic N) is 1. The summed E-state index contributed by atoms with van der Waals surface area (Å²) in [7, 11) is 0. The van der Waals surface area contributed by atoms with Crippen LogP contribution in [0, 0.1) is 0 Å². The Labute approximate surface area is 203 Å². The molecule has 1 aromatic carbocycles. The molecule has 182 valence electrons. The Morgan fingerprint density at radius 2 is 1.77 bits per heavy atom. The van der Waals surface area contributed by atoms with Crippen molar-refractivity contribution in [3.63, 3.8) is 0 Å². The van der Waals surface area contributed by atoms with Gasteiger partial charge in [0.2, 0.25) is 5.91 Å². The SMILES string of the molecule is O=C(O)CC(NC(=O)C(Cc1cccs1)n1cccc(NC(=O)c2ccccc2)c1=O)C(=O)CF. The lowest BCUT2D eigenvalue weighted by Gasteiger charge is -2.22. The van der Waals surface area contributed by atoms with Crippen LogP contribution in [0.25, 0.3) is 0 Å². The maximum absolute atomic E-state index is 13.2. The van der Waals surface area contributed by atoms with E-state index in [2.05, 4.69) is 10.6 Å². The Kier molecular flexibility index (Phi) is 8.63. The second-order valence-corrected chi connectivity index (χ2v) is 8.54. The molecule has 2 aromatic heterocycles. The van der Waals surface area contributed by atoms with Gasteiger partial charge in [0, 0.05) is 23.1 Å². The summed E-state index contributed by atoms with van der Waals surface area (Å²) in [5.74, 6) is -3.84. The van der Waals surface area contributed by atoms with Crippen molar-refractivity contribution in [2.24, 2.45) is 0 Å². The lowest BCUT2D eigenvalue weighted by atomic mass is 10.1. The molecule has 3 aromatic rings. The molecule has 2 unspecified atom stereocenters. The molecule has 2 heterocycles. The number of anilines is 1. The van der Waals surface area contributed by atoms with Crippen molar-refractivity contribution in [2.75, 3.05) is 12.0 Å². The van der Waals surface area contributed by atoms with E-state index < -0.39 is 54.3 Å². The van der Waals surface area contributed by atoms with Gasteiger partial charge >= 0.3 is 5.97 Å². The van der Waals surface area contributed by atoms with E-state index in [4.69, 9.17) is 5.11 Å². The molecule has 11 heteroatoms. The Bertz CT molecular complexity index is 1260. The van der Waals surface area contributed by atoms with Crippen LogP contribution in [0.15, 0.2) is 71.0 Å². The minimum absolute atomic E-state index is 0.0447. The molecule has 0 aliphatic heterocycles. The topological polar surface area (TPSA) is 135 Å². The molecule has 0 bridgehead atoms. The first-order chi connectivity index (χ1) is 16.8. The molecule has 3 rings (SSSR count). The summed E-state index contributed by atoms with van der Waals surface area (Å²) in [5, 5.41) is 15.6. The molecule has 0 saturated carbocycles. The molecule has 9 nitrogen and oxygen atoms in total. The summed E-state index contributed by atoms with van der Waals surface area (Å²) < 4.78 is 14.0. The lowest BCUT2D eigenvalue weighted by molar-refractivity contribution is -0.140. The molecule has 0 aliphatic rings. The van der Waals surface area contributed by atoms with Gasteiger partial charge in [0.1, 0.15) is 24.4 Å². The number of rotatable bonds is 11. The highest BCUT2D eigenvalue weighted by molar-refractivity contribution is 7.09. The van der Waals surface area contributed by atoms with Crippen LogP contribution >= 0.6 is 11.3 Å². The molecule has 0 radical (unpaired) electrons. The average molecular weight is 500 g/mol. The molecule has 0 saturated heterocycles. The summed E-state index contributed by atoms with van der Waals surface area (Å²) in [4.78, 5) is 62.6. The van der Waals surface area contributed by atoms with E-state index in [1.54, 1.807) is 47.8 Å². The monoisotopic (exact) mass is 499 g/mol. The van der Waals surface area contributed by atoms with Crippen LogP contribution in [0.3, 0.4) is 0 Å². The number of nitrogens with one attached hydrogen (secondary N) is 2. The smallest absolute Gasteiger partial charge is 0.305 e. The number of amides is 2. The number of carboxylic acid groups (broad SMARTS) is 1. The molecule has 0 fully saturated rings. The minimum Gasteiger partial charge on any atom is -0.481 e. The van der Waals surface area contributed by atoms with Gasteiger partial charge in [-0.25, -0.2) is 4.39 Å². The summed E-state index contributed by atoms with van der Waals surface area (Å²) >= 11 is 1.34. The van der Waals surface area contributed by atoms with E-state index in [0.717, 1.165) is 9.44 Å². The Morgan fingerprint density at radius 1 is 1.03 bits per heavy atom. The Morgan fingerprint density at radius 3 is 2.40 bits per heavy atom. The number of ketones is 1. The third-order valence-corrected chi connectivity index (χ3v) is 5.99. The fourth-order valence-corrected chi connectivity index (χ4v) is 4.10. The molecular weight excluding hydrogens is 477 g/mol. The Balaban J connectivity index is 1.93. The first-order valence-corrected chi connectivity index (χ1v) is 11.4. The van der Waals surface area contributed by atoms with Crippen molar-refractivity contribution in [2.45, 2.75) is 24.9 Å².